The number of rotatable bonds is 8. The van der Waals surface area contributed by atoms with Gasteiger partial charge < -0.3 is 10.1 Å². The molecule has 1 heterocycles. The van der Waals surface area contributed by atoms with E-state index < -0.39 is 18.4 Å². The predicted molar refractivity (Wildman–Crippen MR) is 108 cm³/mol. The lowest BCUT2D eigenvalue weighted by molar-refractivity contribution is -0.215. The van der Waals surface area contributed by atoms with E-state index in [1.807, 2.05) is 65.6 Å². The number of carbonyl (C=O) groups is 1. The second-order valence-electron chi connectivity index (χ2n) is 7.66. The maximum Gasteiger partial charge on any atom is 0.490 e. The van der Waals surface area contributed by atoms with Crippen LogP contribution in [0.5, 0.6) is 0 Å². The molecule has 4 nitrogen and oxygen atoms in total. The predicted octanol–water partition coefficient (Wildman–Crippen LogP) is 4.51. The summed E-state index contributed by atoms with van der Waals surface area (Å²) < 4.78 is 44.1. The number of hydrogen-bond acceptors (Lipinski definition) is 4. The number of halogens is 3. The van der Waals surface area contributed by atoms with Crippen LogP contribution in [0.1, 0.15) is 30.4 Å². The number of nitrogens with zero attached hydrogens (tertiary/aromatic N) is 1. The average molecular weight is 420 g/mol. The normalized spacial score (nSPS) is 16.4. The zero-order chi connectivity index (χ0) is 21.4. The Labute approximate surface area is 175 Å². The number of alkyl halides is 3. The minimum atomic E-state index is -5.02. The van der Waals surface area contributed by atoms with Crippen LogP contribution >= 0.6 is 0 Å². The van der Waals surface area contributed by atoms with Gasteiger partial charge >= 0.3 is 12.1 Å². The van der Waals surface area contributed by atoms with Crippen LogP contribution in [0.2, 0.25) is 0 Å². The molecule has 2 aromatic carbocycles. The lowest BCUT2D eigenvalue weighted by Crippen LogP contribution is -2.43. The zero-order valence-electron chi connectivity index (χ0n) is 16.8. The molecule has 1 unspecified atom stereocenters. The van der Waals surface area contributed by atoms with Gasteiger partial charge in [0.05, 0.1) is 0 Å². The van der Waals surface area contributed by atoms with Gasteiger partial charge in [0.25, 0.3) is 0 Å². The highest BCUT2D eigenvalue weighted by molar-refractivity contribution is 5.75. The molecule has 2 aromatic rings. The van der Waals surface area contributed by atoms with E-state index in [9.17, 15) is 18.0 Å². The topological polar surface area (TPSA) is 41.6 Å². The van der Waals surface area contributed by atoms with Crippen molar-refractivity contribution in [2.24, 2.45) is 5.92 Å². The molecule has 30 heavy (non-hydrogen) atoms. The Kier molecular flexibility index (Phi) is 7.87. The first kappa shape index (κ1) is 22.3. The average Bonchev–Trinajstić information content (AvgIpc) is 2.74. The second-order valence-corrected chi connectivity index (χ2v) is 7.66. The van der Waals surface area contributed by atoms with Crippen molar-refractivity contribution in [2.75, 3.05) is 13.1 Å². The fraction of sp³-hybridized carbons (Fsp3) is 0.435. The van der Waals surface area contributed by atoms with Gasteiger partial charge in [-0.3, -0.25) is 4.90 Å². The summed E-state index contributed by atoms with van der Waals surface area (Å²) in [5, 5.41) is 3.26. The number of piperidine rings is 1. The summed E-state index contributed by atoms with van der Waals surface area (Å²) in [4.78, 5) is 13.6. The van der Waals surface area contributed by atoms with E-state index in [1.165, 1.54) is 0 Å². The summed E-state index contributed by atoms with van der Waals surface area (Å²) in [6, 6.07) is 19.0. The van der Waals surface area contributed by atoms with Gasteiger partial charge in [-0.1, -0.05) is 60.7 Å². The Balaban J connectivity index is 1.85. The largest absolute Gasteiger partial charge is 0.490 e. The highest BCUT2D eigenvalue weighted by Crippen LogP contribution is 2.27. The smallest absolute Gasteiger partial charge is 0.440 e. The Morgan fingerprint density at radius 2 is 1.47 bits per heavy atom. The highest BCUT2D eigenvalue weighted by Gasteiger charge is 2.43. The quantitative estimate of drug-likeness (QED) is 0.504. The SMILES string of the molecule is O=C(OC(CC1CCNCC1)N(Cc1ccccc1)Cc1ccccc1)C(F)(F)F. The van der Waals surface area contributed by atoms with Gasteiger partial charge in [0.2, 0.25) is 0 Å². The molecular weight excluding hydrogens is 393 g/mol. The van der Waals surface area contributed by atoms with Crippen LogP contribution < -0.4 is 5.32 Å². The zero-order valence-corrected chi connectivity index (χ0v) is 16.8. The van der Waals surface area contributed by atoms with Crippen LogP contribution in [0.3, 0.4) is 0 Å². The number of esters is 1. The van der Waals surface area contributed by atoms with Crippen molar-refractivity contribution in [3.05, 3.63) is 71.8 Å². The fourth-order valence-electron chi connectivity index (χ4n) is 3.76. The lowest BCUT2D eigenvalue weighted by Gasteiger charge is -2.35. The molecule has 0 aromatic heterocycles. The number of carbonyl (C=O) groups excluding carboxylic acids is 1. The third kappa shape index (κ3) is 6.85. The van der Waals surface area contributed by atoms with Gasteiger partial charge in [0.15, 0.2) is 6.23 Å². The standard InChI is InChI=1S/C23H27F3N2O2/c24-23(25,26)22(29)30-21(15-18-11-13-27-14-12-18)28(16-19-7-3-1-4-8-19)17-20-9-5-2-6-10-20/h1-10,18,21,27H,11-17H2. The molecule has 1 aliphatic rings. The number of hydrogen-bond donors (Lipinski definition) is 1. The van der Waals surface area contributed by atoms with Crippen LogP contribution in [-0.4, -0.2) is 36.4 Å². The van der Waals surface area contributed by atoms with E-state index in [4.69, 9.17) is 4.74 Å². The van der Waals surface area contributed by atoms with Crippen LogP contribution in [0.25, 0.3) is 0 Å². The van der Waals surface area contributed by atoms with Gasteiger partial charge in [-0.15, -0.1) is 0 Å². The first-order valence-electron chi connectivity index (χ1n) is 10.2. The molecule has 1 fully saturated rings. The molecule has 162 valence electrons. The Morgan fingerprint density at radius 3 is 1.93 bits per heavy atom. The van der Waals surface area contributed by atoms with Crippen LogP contribution in [0, 0.1) is 5.92 Å². The summed E-state index contributed by atoms with van der Waals surface area (Å²) in [6.07, 6.45) is -3.89. The first-order chi connectivity index (χ1) is 14.4. The number of benzene rings is 2. The lowest BCUT2D eigenvalue weighted by atomic mass is 9.93. The molecule has 3 rings (SSSR count). The molecule has 1 N–H and O–H groups in total. The molecule has 1 aliphatic heterocycles. The van der Waals surface area contributed by atoms with Gasteiger partial charge in [-0.05, 0) is 43.0 Å². The third-order valence-electron chi connectivity index (χ3n) is 5.33. The van der Waals surface area contributed by atoms with Crippen molar-refractivity contribution in [1.29, 1.82) is 0 Å². The molecule has 0 spiro atoms. The Bertz CT molecular complexity index is 737. The van der Waals surface area contributed by atoms with Crippen molar-refractivity contribution in [3.63, 3.8) is 0 Å². The van der Waals surface area contributed by atoms with E-state index in [-0.39, 0.29) is 5.92 Å². The van der Waals surface area contributed by atoms with E-state index in [1.54, 1.807) is 0 Å². The monoisotopic (exact) mass is 420 g/mol. The van der Waals surface area contributed by atoms with Crippen molar-refractivity contribution in [3.8, 4) is 0 Å². The minimum Gasteiger partial charge on any atom is -0.440 e. The molecule has 0 radical (unpaired) electrons. The maximum absolute atomic E-state index is 13.0. The summed E-state index contributed by atoms with van der Waals surface area (Å²) >= 11 is 0. The van der Waals surface area contributed by atoms with Gasteiger partial charge in [-0.2, -0.15) is 13.2 Å². The molecule has 1 atom stereocenters. The van der Waals surface area contributed by atoms with E-state index in [0.717, 1.165) is 37.1 Å². The van der Waals surface area contributed by atoms with Crippen molar-refractivity contribution < 1.29 is 22.7 Å². The number of nitrogens with one attached hydrogen (secondary N) is 1. The molecule has 1 saturated heterocycles. The Morgan fingerprint density at radius 1 is 0.967 bits per heavy atom. The molecule has 0 saturated carbocycles. The van der Waals surface area contributed by atoms with Crippen molar-refractivity contribution in [2.45, 2.75) is 44.8 Å². The van der Waals surface area contributed by atoms with Gasteiger partial charge in [0, 0.05) is 19.5 Å². The molecule has 0 aliphatic carbocycles. The Hall–Kier alpha value is -2.38. The third-order valence-corrected chi connectivity index (χ3v) is 5.33. The maximum atomic E-state index is 13.0. The van der Waals surface area contributed by atoms with Gasteiger partial charge in [0.1, 0.15) is 0 Å². The molecule has 0 amide bonds. The summed E-state index contributed by atoms with van der Waals surface area (Å²) in [5.41, 5.74) is 1.90. The van der Waals surface area contributed by atoms with Gasteiger partial charge in [-0.25, -0.2) is 4.79 Å². The number of ether oxygens (including phenoxy) is 1. The minimum absolute atomic E-state index is 0.200. The first-order valence-corrected chi connectivity index (χ1v) is 10.2. The molecule has 7 heteroatoms. The van der Waals surface area contributed by atoms with E-state index >= 15 is 0 Å². The van der Waals surface area contributed by atoms with Crippen molar-refractivity contribution >= 4 is 5.97 Å². The highest BCUT2D eigenvalue weighted by atomic mass is 19.4. The second kappa shape index (κ2) is 10.6. The van der Waals surface area contributed by atoms with E-state index in [0.29, 0.717) is 19.5 Å². The molecular formula is C23H27F3N2O2. The summed E-state index contributed by atoms with van der Waals surface area (Å²) in [5.74, 6) is -1.93. The van der Waals surface area contributed by atoms with Crippen LogP contribution in [-0.2, 0) is 22.6 Å². The summed E-state index contributed by atoms with van der Waals surface area (Å²) in [7, 11) is 0. The van der Waals surface area contributed by atoms with Crippen LogP contribution in [0.4, 0.5) is 13.2 Å². The van der Waals surface area contributed by atoms with Crippen molar-refractivity contribution in [1.82, 2.24) is 10.2 Å². The van der Waals surface area contributed by atoms with Crippen LogP contribution in [0.15, 0.2) is 60.7 Å². The summed E-state index contributed by atoms with van der Waals surface area (Å²) in [6.45, 7) is 2.41. The van der Waals surface area contributed by atoms with E-state index in [2.05, 4.69) is 5.32 Å². The molecule has 0 bridgehead atoms. The fourth-order valence-corrected chi connectivity index (χ4v) is 3.76.